The zero-order valence-electron chi connectivity index (χ0n) is 19.9. The largest absolute Gasteiger partial charge is 0.469 e. The molecule has 0 aromatic carbocycles. The fourth-order valence-electron chi connectivity index (χ4n) is 3.11. The summed E-state index contributed by atoms with van der Waals surface area (Å²) in [5, 5.41) is 9.40. The van der Waals surface area contributed by atoms with E-state index in [4.69, 9.17) is 24.0 Å². The van der Waals surface area contributed by atoms with E-state index < -0.39 is 13.2 Å². The Bertz CT molecular complexity index is 451. The van der Waals surface area contributed by atoms with Crippen LogP contribution >= 0.6 is 19.6 Å². The Hall–Kier alpha value is -0.110. The first kappa shape index (κ1) is 33.1. The normalized spacial score (nSPS) is 13.3. The second kappa shape index (κ2) is 21.7. The lowest BCUT2D eigenvalue weighted by atomic mass is 9.95. The molecule has 0 saturated heterocycles. The van der Waals surface area contributed by atoms with Crippen molar-refractivity contribution in [1.29, 1.82) is 0 Å². The van der Waals surface area contributed by atoms with E-state index in [1.54, 1.807) is 18.7 Å². The fraction of sp³-hybridized carbons (Fsp3) is 0.955. The summed E-state index contributed by atoms with van der Waals surface area (Å²) < 4.78 is 13.7. The van der Waals surface area contributed by atoms with Gasteiger partial charge in [0.1, 0.15) is 0 Å². The van der Waals surface area contributed by atoms with Gasteiger partial charge in [0.2, 0.25) is 0 Å². The van der Waals surface area contributed by atoms with E-state index in [1.165, 1.54) is 97.0 Å². The van der Waals surface area contributed by atoms with Crippen LogP contribution in [0.3, 0.4) is 0 Å². The average Bonchev–Trinajstić information content (AvgIpc) is 2.71. The number of rotatable bonds is 19. The molecule has 1 unspecified atom stereocenters. The van der Waals surface area contributed by atoms with Crippen molar-refractivity contribution in [1.82, 2.24) is 0 Å². The minimum absolute atomic E-state index is 0.147. The number of unbranched alkanes of at least 4 members (excludes halogenated alkanes) is 13. The molecule has 0 aromatic rings. The van der Waals surface area contributed by atoms with Crippen LogP contribution in [0.2, 0.25) is 0 Å². The fourth-order valence-corrected chi connectivity index (χ4v) is 4.32. The smallest absolute Gasteiger partial charge is 0.466 e. The molecule has 0 spiro atoms. The molecule has 0 rings (SSSR count). The molecule has 0 aliphatic rings. The summed E-state index contributed by atoms with van der Waals surface area (Å²) in [5.74, 6) is 1.38. The number of carbonyl (C=O) groups is 1. The van der Waals surface area contributed by atoms with Crippen LogP contribution in [0.25, 0.3) is 0 Å². The van der Waals surface area contributed by atoms with Gasteiger partial charge in [-0.25, -0.2) is 4.57 Å². The molecule has 4 N–H and O–H groups in total. The van der Waals surface area contributed by atoms with Gasteiger partial charge in [-0.3, -0.25) is 4.79 Å². The molecule has 7 nitrogen and oxygen atoms in total. The van der Waals surface area contributed by atoms with E-state index in [-0.39, 0.29) is 12.6 Å². The van der Waals surface area contributed by atoms with Gasteiger partial charge in [0.25, 0.3) is 0 Å². The first-order chi connectivity index (χ1) is 14.6. The van der Waals surface area contributed by atoms with Crippen molar-refractivity contribution in [3.05, 3.63) is 0 Å². The number of aliphatic hydroxyl groups excluding tert-OH is 1. The van der Waals surface area contributed by atoms with Crippen LogP contribution in [0, 0.1) is 5.41 Å². The van der Waals surface area contributed by atoms with Crippen molar-refractivity contribution in [2.45, 2.75) is 104 Å². The Morgan fingerprint density at radius 1 is 0.839 bits per heavy atom. The summed E-state index contributed by atoms with van der Waals surface area (Å²) in [5.41, 5.74) is -0.755. The summed E-state index contributed by atoms with van der Waals surface area (Å²) in [6.45, 7) is 3.90. The van der Waals surface area contributed by atoms with Gasteiger partial charge in [-0.15, -0.1) is 0 Å². The van der Waals surface area contributed by atoms with Crippen LogP contribution in [0.5, 0.6) is 0 Å². The molecular weight excluding hydrogens is 439 g/mol. The number of esters is 1. The zero-order chi connectivity index (χ0) is 24.0. The van der Waals surface area contributed by atoms with E-state index in [2.05, 4.69) is 6.92 Å². The molecule has 9 heteroatoms. The summed E-state index contributed by atoms with van der Waals surface area (Å²) in [4.78, 5) is 33.2. The summed E-state index contributed by atoms with van der Waals surface area (Å²) in [6.07, 6.45) is 19.3. The SMILES string of the molecule is CCCCCCCCCCCCCCCCSCC(C)(CO)C(=O)OC.O=P(O)(O)O. The molecule has 0 bridgehead atoms. The molecule has 1 atom stereocenters. The lowest BCUT2D eigenvalue weighted by Crippen LogP contribution is -2.35. The van der Waals surface area contributed by atoms with Gasteiger partial charge in [-0.05, 0) is 19.1 Å². The van der Waals surface area contributed by atoms with E-state index in [1.807, 2.05) is 0 Å². The van der Waals surface area contributed by atoms with Crippen molar-refractivity contribution >= 4 is 25.6 Å². The number of aliphatic hydroxyl groups is 1. The van der Waals surface area contributed by atoms with Gasteiger partial charge >= 0.3 is 13.8 Å². The summed E-state index contributed by atoms with van der Waals surface area (Å²) in [6, 6.07) is 0. The monoisotopic (exact) mass is 486 g/mol. The first-order valence-corrected chi connectivity index (χ1v) is 14.4. The van der Waals surface area contributed by atoms with Gasteiger partial charge in [0.15, 0.2) is 0 Å². The molecule has 0 aliphatic heterocycles. The second-order valence-corrected chi connectivity index (χ2v) is 10.5. The van der Waals surface area contributed by atoms with Crippen molar-refractivity contribution in [3.8, 4) is 0 Å². The Labute approximate surface area is 194 Å². The first-order valence-electron chi connectivity index (χ1n) is 11.7. The second-order valence-electron chi connectivity index (χ2n) is 8.37. The lowest BCUT2D eigenvalue weighted by molar-refractivity contribution is -0.152. The molecule has 0 heterocycles. The van der Waals surface area contributed by atoms with Gasteiger partial charge in [-0.2, -0.15) is 11.8 Å². The number of ether oxygens (including phenoxy) is 1. The van der Waals surface area contributed by atoms with Crippen molar-refractivity contribution < 1.29 is 33.9 Å². The quantitative estimate of drug-likeness (QED) is 0.108. The Kier molecular flexibility index (Phi) is 23.2. The highest BCUT2D eigenvalue weighted by atomic mass is 32.2. The Morgan fingerprint density at radius 3 is 1.52 bits per heavy atom. The van der Waals surface area contributed by atoms with Crippen molar-refractivity contribution in [3.63, 3.8) is 0 Å². The topological polar surface area (TPSA) is 124 Å². The predicted octanol–water partition coefficient (Wildman–Crippen LogP) is 5.44. The number of carbonyl (C=O) groups excluding carboxylic acids is 1. The minimum Gasteiger partial charge on any atom is -0.469 e. The maximum Gasteiger partial charge on any atom is 0.466 e. The zero-order valence-corrected chi connectivity index (χ0v) is 21.6. The Balaban J connectivity index is 0. The van der Waals surface area contributed by atoms with Crippen LogP contribution in [0.4, 0.5) is 0 Å². The van der Waals surface area contributed by atoms with Gasteiger partial charge in [0, 0.05) is 5.75 Å². The highest BCUT2D eigenvalue weighted by Gasteiger charge is 2.33. The number of methoxy groups -OCH3 is 1. The molecule has 0 fully saturated rings. The Morgan fingerprint density at radius 2 is 1.19 bits per heavy atom. The standard InChI is InChI=1S/C22H44O3S.H3O4P/c1-4-5-6-7-8-9-10-11-12-13-14-15-16-17-18-26-20-22(2,19-23)21(24)25-3;1-5(2,3)4/h23H,4-20H2,1-3H3;(H3,1,2,3,4). The molecule has 0 aromatic heterocycles. The van der Waals surface area contributed by atoms with E-state index in [9.17, 15) is 9.90 Å². The van der Waals surface area contributed by atoms with Gasteiger partial charge in [-0.1, -0.05) is 90.4 Å². The maximum atomic E-state index is 11.7. The van der Waals surface area contributed by atoms with E-state index >= 15 is 0 Å². The van der Waals surface area contributed by atoms with Crippen molar-refractivity contribution in [2.75, 3.05) is 25.2 Å². The average molecular weight is 487 g/mol. The highest BCUT2D eigenvalue weighted by molar-refractivity contribution is 7.99. The number of hydrogen-bond donors (Lipinski definition) is 4. The highest BCUT2D eigenvalue weighted by Crippen LogP contribution is 2.26. The van der Waals surface area contributed by atoms with Gasteiger partial charge < -0.3 is 24.5 Å². The molecular formula is C22H47O7PS. The third-order valence-corrected chi connectivity index (χ3v) is 6.51. The van der Waals surface area contributed by atoms with Crippen LogP contribution in [-0.4, -0.2) is 51.0 Å². The summed E-state index contributed by atoms with van der Waals surface area (Å²) in [7, 11) is -3.26. The molecule has 0 saturated carbocycles. The number of hydrogen-bond acceptors (Lipinski definition) is 5. The van der Waals surface area contributed by atoms with Gasteiger partial charge in [0.05, 0.1) is 19.1 Å². The maximum absolute atomic E-state index is 11.7. The summed E-state index contributed by atoms with van der Waals surface area (Å²) >= 11 is 1.75. The number of thioether (sulfide) groups is 1. The minimum atomic E-state index is -4.64. The number of phosphoric acid groups is 1. The molecule has 31 heavy (non-hydrogen) atoms. The van der Waals surface area contributed by atoms with E-state index in [0.717, 1.165) is 5.75 Å². The molecule has 0 amide bonds. The third kappa shape index (κ3) is 26.0. The molecule has 0 aliphatic carbocycles. The molecule has 0 radical (unpaired) electrons. The predicted molar refractivity (Wildman–Crippen MR) is 129 cm³/mol. The van der Waals surface area contributed by atoms with E-state index in [0.29, 0.717) is 5.75 Å². The van der Waals surface area contributed by atoms with Crippen LogP contribution in [-0.2, 0) is 14.1 Å². The molecule has 188 valence electrons. The van der Waals surface area contributed by atoms with Crippen LogP contribution < -0.4 is 0 Å². The lowest BCUT2D eigenvalue weighted by Gasteiger charge is -2.23. The van der Waals surface area contributed by atoms with Crippen LogP contribution in [0.1, 0.15) is 104 Å². The van der Waals surface area contributed by atoms with Crippen LogP contribution in [0.15, 0.2) is 0 Å². The van der Waals surface area contributed by atoms with Crippen molar-refractivity contribution in [2.24, 2.45) is 5.41 Å². The third-order valence-electron chi connectivity index (χ3n) is 5.09.